The molecule has 0 amide bonds. The Bertz CT molecular complexity index is 568. The van der Waals surface area contributed by atoms with Crippen LogP contribution in [0, 0.1) is 12.3 Å². The first-order valence-electron chi connectivity index (χ1n) is 5.90. The van der Waals surface area contributed by atoms with Crippen molar-refractivity contribution < 1.29 is 0 Å². The number of rotatable bonds is 0. The summed E-state index contributed by atoms with van der Waals surface area (Å²) in [6, 6.07) is 17.0. The monoisotopic (exact) mass is 218 g/mol. The molecule has 0 bridgehead atoms. The average molecular weight is 218 g/mol. The van der Waals surface area contributed by atoms with Crippen LogP contribution in [0.2, 0.25) is 0 Å². The maximum absolute atomic E-state index is 5.82. The van der Waals surface area contributed by atoms with E-state index in [-0.39, 0.29) is 5.41 Å². The second-order valence-corrected chi connectivity index (χ2v) is 4.76. The lowest BCUT2D eigenvalue weighted by Crippen LogP contribution is -2.28. The van der Waals surface area contributed by atoms with Crippen molar-refractivity contribution in [1.29, 1.82) is 0 Å². The van der Waals surface area contributed by atoms with Gasteiger partial charge in [-0.05, 0) is 35.6 Å². The SMILES string of the molecule is C#CC1(C)c2ccccc2Cc2ccccc21. The molecular weight excluding hydrogens is 204 g/mol. The summed E-state index contributed by atoms with van der Waals surface area (Å²) in [6.07, 6.45) is 6.81. The molecule has 0 heterocycles. The molecule has 2 aromatic rings. The predicted octanol–water partition coefficient (Wildman–Crippen LogP) is 3.53. The van der Waals surface area contributed by atoms with Gasteiger partial charge in [-0.15, -0.1) is 6.42 Å². The topological polar surface area (TPSA) is 0 Å². The zero-order valence-corrected chi connectivity index (χ0v) is 9.90. The molecule has 0 radical (unpaired) electrons. The zero-order valence-electron chi connectivity index (χ0n) is 9.90. The number of hydrogen-bond acceptors (Lipinski definition) is 0. The van der Waals surface area contributed by atoms with Crippen LogP contribution in [0.25, 0.3) is 0 Å². The van der Waals surface area contributed by atoms with Crippen molar-refractivity contribution in [2.75, 3.05) is 0 Å². The van der Waals surface area contributed by atoms with Crippen LogP contribution in [0.5, 0.6) is 0 Å². The second kappa shape index (κ2) is 3.50. The lowest BCUT2D eigenvalue weighted by Gasteiger charge is -2.34. The molecule has 0 heteroatoms. The molecule has 82 valence electrons. The van der Waals surface area contributed by atoms with Gasteiger partial charge in [0.05, 0.1) is 5.41 Å². The van der Waals surface area contributed by atoms with E-state index in [1.807, 2.05) is 0 Å². The quantitative estimate of drug-likeness (QED) is 0.593. The van der Waals surface area contributed by atoms with Crippen molar-refractivity contribution in [3.05, 3.63) is 70.8 Å². The highest BCUT2D eigenvalue weighted by atomic mass is 14.4. The molecule has 0 fully saturated rings. The van der Waals surface area contributed by atoms with E-state index < -0.39 is 0 Å². The summed E-state index contributed by atoms with van der Waals surface area (Å²) in [6.45, 7) is 2.14. The molecule has 0 aromatic heterocycles. The van der Waals surface area contributed by atoms with Gasteiger partial charge >= 0.3 is 0 Å². The lowest BCUT2D eigenvalue weighted by molar-refractivity contribution is 0.709. The third kappa shape index (κ3) is 1.33. The molecule has 0 unspecified atom stereocenters. The van der Waals surface area contributed by atoms with Gasteiger partial charge in [-0.1, -0.05) is 54.5 Å². The van der Waals surface area contributed by atoms with Gasteiger partial charge in [0.15, 0.2) is 0 Å². The molecule has 0 N–H and O–H groups in total. The molecule has 0 saturated carbocycles. The van der Waals surface area contributed by atoms with E-state index in [1.54, 1.807) is 0 Å². The Morgan fingerprint density at radius 3 is 1.88 bits per heavy atom. The molecule has 17 heavy (non-hydrogen) atoms. The Morgan fingerprint density at radius 2 is 1.41 bits per heavy atom. The first kappa shape index (κ1) is 10.2. The van der Waals surface area contributed by atoms with Crippen LogP contribution in [-0.4, -0.2) is 0 Å². The van der Waals surface area contributed by atoms with Gasteiger partial charge < -0.3 is 0 Å². The summed E-state index contributed by atoms with van der Waals surface area (Å²) >= 11 is 0. The summed E-state index contributed by atoms with van der Waals surface area (Å²) in [4.78, 5) is 0. The molecule has 2 aromatic carbocycles. The van der Waals surface area contributed by atoms with E-state index in [2.05, 4.69) is 61.4 Å². The predicted molar refractivity (Wildman–Crippen MR) is 71.0 cm³/mol. The van der Waals surface area contributed by atoms with Gasteiger partial charge in [-0.3, -0.25) is 0 Å². The van der Waals surface area contributed by atoms with E-state index >= 15 is 0 Å². The van der Waals surface area contributed by atoms with Crippen molar-refractivity contribution in [1.82, 2.24) is 0 Å². The van der Waals surface area contributed by atoms with Crippen LogP contribution >= 0.6 is 0 Å². The third-order valence-electron chi connectivity index (χ3n) is 3.78. The normalized spacial score (nSPS) is 15.5. The summed E-state index contributed by atoms with van der Waals surface area (Å²) < 4.78 is 0. The van der Waals surface area contributed by atoms with Crippen molar-refractivity contribution in [3.63, 3.8) is 0 Å². The molecule has 1 aliphatic carbocycles. The molecule has 1 aliphatic rings. The van der Waals surface area contributed by atoms with Gasteiger partial charge in [-0.2, -0.15) is 0 Å². The fourth-order valence-corrected chi connectivity index (χ4v) is 2.83. The van der Waals surface area contributed by atoms with E-state index in [4.69, 9.17) is 6.42 Å². The Hall–Kier alpha value is -2.00. The largest absolute Gasteiger partial charge is 0.119 e. The minimum absolute atomic E-state index is 0.286. The van der Waals surface area contributed by atoms with Crippen molar-refractivity contribution >= 4 is 0 Å². The van der Waals surface area contributed by atoms with Gasteiger partial charge in [0.2, 0.25) is 0 Å². The minimum atomic E-state index is -0.286. The van der Waals surface area contributed by atoms with E-state index in [0.29, 0.717) is 0 Å². The fraction of sp³-hybridized carbons (Fsp3) is 0.176. The van der Waals surface area contributed by atoms with Crippen molar-refractivity contribution in [2.45, 2.75) is 18.8 Å². The highest BCUT2D eigenvalue weighted by Gasteiger charge is 2.34. The number of fused-ring (bicyclic) bond motifs is 2. The lowest BCUT2D eigenvalue weighted by atomic mass is 9.68. The number of terminal acetylenes is 1. The van der Waals surface area contributed by atoms with Gasteiger partial charge in [0, 0.05) is 0 Å². The molecule has 0 aliphatic heterocycles. The van der Waals surface area contributed by atoms with Crippen LogP contribution in [0.15, 0.2) is 48.5 Å². The van der Waals surface area contributed by atoms with Crippen molar-refractivity contribution in [3.8, 4) is 12.3 Å². The smallest absolute Gasteiger partial charge is 0.0786 e. The van der Waals surface area contributed by atoms with Crippen molar-refractivity contribution in [2.24, 2.45) is 0 Å². The first-order valence-corrected chi connectivity index (χ1v) is 5.90. The minimum Gasteiger partial charge on any atom is -0.119 e. The van der Waals surface area contributed by atoms with Gasteiger partial charge in [0.1, 0.15) is 0 Å². The molecule has 0 atom stereocenters. The number of benzene rings is 2. The van der Waals surface area contributed by atoms with Crippen LogP contribution in [0.1, 0.15) is 29.2 Å². The Kier molecular flexibility index (Phi) is 2.09. The highest BCUT2D eigenvalue weighted by Crippen LogP contribution is 2.40. The Balaban J connectivity index is 2.33. The van der Waals surface area contributed by atoms with E-state index in [9.17, 15) is 0 Å². The molecule has 0 spiro atoms. The average Bonchev–Trinajstić information content (AvgIpc) is 2.39. The Labute approximate surface area is 102 Å². The molecule has 0 saturated heterocycles. The van der Waals surface area contributed by atoms with Crippen LogP contribution < -0.4 is 0 Å². The van der Waals surface area contributed by atoms with Crippen LogP contribution in [0.3, 0.4) is 0 Å². The van der Waals surface area contributed by atoms with E-state index in [0.717, 1.165) is 6.42 Å². The summed E-state index contributed by atoms with van der Waals surface area (Å²) in [5, 5.41) is 0. The third-order valence-corrected chi connectivity index (χ3v) is 3.78. The zero-order chi connectivity index (χ0) is 11.9. The maximum Gasteiger partial charge on any atom is 0.0786 e. The standard InChI is InChI=1S/C17H14/c1-3-17(2)15-10-6-4-8-13(15)12-14-9-5-7-11-16(14)17/h1,4-11H,12H2,2H3. The van der Waals surface area contributed by atoms with Crippen LogP contribution in [0.4, 0.5) is 0 Å². The first-order chi connectivity index (χ1) is 8.25. The van der Waals surface area contributed by atoms with Gasteiger partial charge in [-0.25, -0.2) is 0 Å². The molecule has 0 nitrogen and oxygen atoms in total. The highest BCUT2D eigenvalue weighted by molar-refractivity contribution is 5.57. The van der Waals surface area contributed by atoms with Crippen LogP contribution in [-0.2, 0) is 11.8 Å². The Morgan fingerprint density at radius 1 is 0.941 bits per heavy atom. The summed E-state index contributed by atoms with van der Waals surface area (Å²) in [5.41, 5.74) is 4.98. The molecular formula is C17H14. The van der Waals surface area contributed by atoms with E-state index in [1.165, 1.54) is 22.3 Å². The van der Waals surface area contributed by atoms with Gasteiger partial charge in [0.25, 0.3) is 0 Å². The summed E-state index contributed by atoms with van der Waals surface area (Å²) in [5.74, 6) is 2.99. The molecule has 3 rings (SSSR count). The summed E-state index contributed by atoms with van der Waals surface area (Å²) in [7, 11) is 0. The fourth-order valence-electron chi connectivity index (χ4n) is 2.83. The number of hydrogen-bond donors (Lipinski definition) is 0. The maximum atomic E-state index is 5.82. The second-order valence-electron chi connectivity index (χ2n) is 4.76.